The van der Waals surface area contributed by atoms with Crippen molar-refractivity contribution in [2.75, 3.05) is 18.1 Å². The molecule has 0 bridgehead atoms. The van der Waals surface area contributed by atoms with Gasteiger partial charge in [0.2, 0.25) is 0 Å². The van der Waals surface area contributed by atoms with Gasteiger partial charge in [-0.1, -0.05) is 6.92 Å². The molecule has 1 spiro atoms. The summed E-state index contributed by atoms with van der Waals surface area (Å²) in [7, 11) is 0. The fraction of sp³-hybridized carbons (Fsp3) is 1.00. The van der Waals surface area contributed by atoms with Gasteiger partial charge in [-0.25, -0.2) is 0 Å². The first kappa shape index (κ1) is 14.5. The zero-order valence-electron chi connectivity index (χ0n) is 12.0. The molecule has 2 aliphatic heterocycles. The standard InChI is InChI=1S/C14H24O3S2/c1-12(2)16-9-10(17-12)8-13(3)11(15)4-5-14(13)18-6-7-19-14/h10-11,15H,4-9H2,1-3H3/t10-,11-,13-/m0/s1. The molecule has 1 aliphatic carbocycles. The van der Waals surface area contributed by atoms with E-state index < -0.39 is 5.79 Å². The molecule has 3 atom stereocenters. The number of hydrogen-bond acceptors (Lipinski definition) is 5. The summed E-state index contributed by atoms with van der Waals surface area (Å²) >= 11 is 4.11. The molecular formula is C14H24O3S2. The second-order valence-corrected chi connectivity index (χ2v) is 9.62. The van der Waals surface area contributed by atoms with Crippen LogP contribution >= 0.6 is 23.5 Å². The minimum Gasteiger partial charge on any atom is -0.392 e. The van der Waals surface area contributed by atoms with E-state index in [1.54, 1.807) is 0 Å². The van der Waals surface area contributed by atoms with Gasteiger partial charge in [0, 0.05) is 16.9 Å². The maximum Gasteiger partial charge on any atom is 0.163 e. The highest BCUT2D eigenvalue weighted by Gasteiger charge is 2.60. The lowest BCUT2D eigenvalue weighted by atomic mass is 9.80. The Morgan fingerprint density at radius 2 is 1.89 bits per heavy atom. The van der Waals surface area contributed by atoms with Crippen LogP contribution in [0.5, 0.6) is 0 Å². The monoisotopic (exact) mass is 304 g/mol. The topological polar surface area (TPSA) is 38.7 Å². The van der Waals surface area contributed by atoms with Crippen molar-refractivity contribution >= 4 is 23.5 Å². The molecule has 0 aromatic rings. The van der Waals surface area contributed by atoms with Crippen molar-refractivity contribution in [1.82, 2.24) is 0 Å². The average molecular weight is 304 g/mol. The molecule has 1 N–H and O–H groups in total. The normalized spacial score (nSPS) is 44.2. The summed E-state index contributed by atoms with van der Waals surface area (Å²) in [5, 5.41) is 10.5. The molecule has 0 aromatic carbocycles. The van der Waals surface area contributed by atoms with Crippen LogP contribution in [0.25, 0.3) is 0 Å². The van der Waals surface area contributed by atoms with E-state index in [2.05, 4.69) is 30.4 Å². The minimum absolute atomic E-state index is 0.0622. The van der Waals surface area contributed by atoms with Crippen molar-refractivity contribution in [1.29, 1.82) is 0 Å². The maximum atomic E-state index is 10.5. The SMILES string of the molecule is CC1(C)OC[C@H](C[C@@]2(C)[C@@H](O)CCC23SCCS3)O1. The van der Waals surface area contributed by atoms with Gasteiger partial charge in [0.05, 0.1) is 22.9 Å². The van der Waals surface area contributed by atoms with E-state index in [9.17, 15) is 5.11 Å². The zero-order chi connectivity index (χ0) is 13.7. The summed E-state index contributed by atoms with van der Waals surface area (Å²) in [5.74, 6) is 1.95. The van der Waals surface area contributed by atoms with Crippen molar-refractivity contribution in [3.05, 3.63) is 0 Å². The fourth-order valence-corrected chi connectivity index (χ4v) is 7.52. The Balaban J connectivity index is 1.77. The van der Waals surface area contributed by atoms with Gasteiger partial charge in [0.25, 0.3) is 0 Å². The summed E-state index contributed by atoms with van der Waals surface area (Å²) in [5.41, 5.74) is -0.0622. The Morgan fingerprint density at radius 1 is 1.21 bits per heavy atom. The highest BCUT2D eigenvalue weighted by Crippen LogP contribution is 2.65. The molecule has 0 unspecified atom stereocenters. The lowest BCUT2D eigenvalue weighted by Crippen LogP contribution is -2.44. The van der Waals surface area contributed by atoms with Crippen molar-refractivity contribution < 1.29 is 14.6 Å². The Morgan fingerprint density at radius 3 is 2.47 bits per heavy atom. The van der Waals surface area contributed by atoms with Crippen molar-refractivity contribution in [2.45, 2.75) is 62.1 Å². The highest BCUT2D eigenvalue weighted by molar-refractivity contribution is 8.21. The van der Waals surface area contributed by atoms with Gasteiger partial charge in [-0.15, -0.1) is 23.5 Å². The Kier molecular flexibility index (Phi) is 3.67. The second-order valence-electron chi connectivity index (χ2n) is 6.58. The molecule has 3 aliphatic rings. The van der Waals surface area contributed by atoms with Gasteiger partial charge >= 0.3 is 0 Å². The number of aliphatic hydroxyl groups excluding tert-OH is 1. The Bertz CT molecular complexity index is 355. The zero-order valence-corrected chi connectivity index (χ0v) is 13.6. The van der Waals surface area contributed by atoms with Crippen LogP contribution < -0.4 is 0 Å². The van der Waals surface area contributed by atoms with E-state index in [0.717, 1.165) is 19.3 Å². The van der Waals surface area contributed by atoms with Gasteiger partial charge in [-0.3, -0.25) is 0 Å². The molecule has 0 aromatic heterocycles. The average Bonchev–Trinajstić information content (AvgIpc) is 2.98. The van der Waals surface area contributed by atoms with Gasteiger partial charge < -0.3 is 14.6 Å². The van der Waals surface area contributed by atoms with E-state index in [4.69, 9.17) is 9.47 Å². The number of aliphatic hydroxyl groups is 1. The quantitative estimate of drug-likeness (QED) is 0.849. The van der Waals surface area contributed by atoms with Crippen LogP contribution in [0.4, 0.5) is 0 Å². The Hall–Kier alpha value is 0.580. The van der Waals surface area contributed by atoms with E-state index in [1.807, 2.05) is 13.8 Å². The van der Waals surface area contributed by atoms with Crippen LogP contribution in [0.1, 0.15) is 40.0 Å². The number of rotatable bonds is 2. The molecule has 110 valence electrons. The molecule has 2 saturated heterocycles. The summed E-state index contributed by atoms with van der Waals surface area (Å²) in [4.78, 5) is 0. The van der Waals surface area contributed by atoms with Gasteiger partial charge in [0.15, 0.2) is 5.79 Å². The number of thioether (sulfide) groups is 2. The summed E-state index contributed by atoms with van der Waals surface area (Å²) < 4.78 is 11.8. The molecule has 5 heteroatoms. The Labute approximate surface area is 124 Å². The summed E-state index contributed by atoms with van der Waals surface area (Å²) in [6.45, 7) is 6.84. The van der Waals surface area contributed by atoms with Crippen LogP contribution in [-0.4, -0.2) is 45.3 Å². The van der Waals surface area contributed by atoms with E-state index in [-0.39, 0.29) is 21.7 Å². The van der Waals surface area contributed by atoms with Crippen molar-refractivity contribution in [3.8, 4) is 0 Å². The predicted octanol–water partition coefficient (Wildman–Crippen LogP) is 2.87. The van der Waals surface area contributed by atoms with Crippen LogP contribution in [0.3, 0.4) is 0 Å². The van der Waals surface area contributed by atoms with Gasteiger partial charge in [-0.2, -0.15) is 0 Å². The molecule has 3 nitrogen and oxygen atoms in total. The minimum atomic E-state index is -0.465. The number of hydrogen-bond donors (Lipinski definition) is 1. The summed E-state index contributed by atoms with van der Waals surface area (Å²) in [6, 6.07) is 0. The molecule has 0 radical (unpaired) electrons. The van der Waals surface area contributed by atoms with Crippen LogP contribution in [0.15, 0.2) is 0 Å². The van der Waals surface area contributed by atoms with Gasteiger partial charge in [-0.05, 0) is 33.1 Å². The van der Waals surface area contributed by atoms with Crippen LogP contribution in [-0.2, 0) is 9.47 Å². The molecule has 3 rings (SSSR count). The third-order valence-electron chi connectivity index (χ3n) is 4.83. The molecule has 0 amide bonds. The first-order valence-corrected chi connectivity index (χ1v) is 9.12. The maximum absolute atomic E-state index is 10.5. The molecule has 3 fully saturated rings. The van der Waals surface area contributed by atoms with E-state index in [0.29, 0.717) is 6.61 Å². The van der Waals surface area contributed by atoms with Gasteiger partial charge in [0.1, 0.15) is 0 Å². The summed E-state index contributed by atoms with van der Waals surface area (Å²) in [6.07, 6.45) is 2.85. The lowest BCUT2D eigenvalue weighted by molar-refractivity contribution is -0.143. The largest absolute Gasteiger partial charge is 0.392 e. The highest BCUT2D eigenvalue weighted by atomic mass is 32.2. The molecular weight excluding hydrogens is 280 g/mol. The van der Waals surface area contributed by atoms with E-state index in [1.165, 1.54) is 11.5 Å². The second kappa shape index (κ2) is 4.80. The molecule has 1 saturated carbocycles. The van der Waals surface area contributed by atoms with E-state index >= 15 is 0 Å². The van der Waals surface area contributed by atoms with Crippen molar-refractivity contribution in [2.24, 2.45) is 5.41 Å². The van der Waals surface area contributed by atoms with Crippen molar-refractivity contribution in [3.63, 3.8) is 0 Å². The lowest BCUT2D eigenvalue weighted by Gasteiger charge is -2.42. The van der Waals surface area contributed by atoms with Crippen LogP contribution in [0.2, 0.25) is 0 Å². The fourth-order valence-electron chi connectivity index (χ4n) is 3.74. The predicted molar refractivity (Wildman–Crippen MR) is 80.5 cm³/mol. The first-order chi connectivity index (χ1) is 8.87. The molecule has 2 heterocycles. The smallest absolute Gasteiger partial charge is 0.163 e. The number of ether oxygens (including phenoxy) is 2. The first-order valence-electron chi connectivity index (χ1n) is 7.15. The van der Waals surface area contributed by atoms with Crippen LogP contribution in [0, 0.1) is 5.41 Å². The third-order valence-corrected chi connectivity index (χ3v) is 8.88. The third kappa shape index (κ3) is 2.35. The molecule has 19 heavy (non-hydrogen) atoms.